The van der Waals surface area contributed by atoms with Crippen LogP contribution in [-0.2, 0) is 9.59 Å². The number of nitrogens with one attached hydrogen (secondary N) is 2. The monoisotopic (exact) mass is 375 g/mol. The van der Waals surface area contributed by atoms with Crippen molar-refractivity contribution >= 4 is 17.7 Å². The fraction of sp³-hybridized carbons (Fsp3) is 0.650. The Morgan fingerprint density at radius 1 is 1.11 bits per heavy atom. The summed E-state index contributed by atoms with van der Waals surface area (Å²) in [5.74, 6) is -0.0496. The molecule has 2 aliphatic rings. The Kier molecular flexibility index (Phi) is 6.53. The third kappa shape index (κ3) is 5.11. The summed E-state index contributed by atoms with van der Waals surface area (Å²) in [4.78, 5) is 38.9. The topological polar surface area (TPSA) is 91.7 Å². The summed E-state index contributed by atoms with van der Waals surface area (Å²) in [6.45, 7) is 3.04. The van der Waals surface area contributed by atoms with E-state index in [4.69, 9.17) is 4.42 Å². The van der Waals surface area contributed by atoms with Crippen molar-refractivity contribution in [2.75, 3.05) is 13.1 Å². The molecule has 2 N–H and O–H groups in total. The van der Waals surface area contributed by atoms with E-state index in [1.54, 1.807) is 13.0 Å². The van der Waals surface area contributed by atoms with Crippen LogP contribution in [-0.4, -0.2) is 47.8 Å². The number of carbonyl (C=O) groups is 3. The molecule has 1 atom stereocenters. The quantitative estimate of drug-likeness (QED) is 0.824. The average molecular weight is 375 g/mol. The van der Waals surface area contributed by atoms with Crippen molar-refractivity contribution < 1.29 is 18.8 Å². The predicted molar refractivity (Wildman–Crippen MR) is 100.0 cm³/mol. The molecule has 1 aliphatic carbocycles. The van der Waals surface area contributed by atoms with Crippen molar-refractivity contribution in [1.29, 1.82) is 0 Å². The number of carbonyl (C=O) groups excluding carboxylic acids is 3. The van der Waals surface area contributed by atoms with Crippen LogP contribution in [0.5, 0.6) is 0 Å². The molecule has 0 bridgehead atoms. The number of piperidine rings is 1. The van der Waals surface area contributed by atoms with E-state index >= 15 is 0 Å². The lowest BCUT2D eigenvalue weighted by molar-refractivity contribution is -0.137. The molecule has 1 aliphatic heterocycles. The van der Waals surface area contributed by atoms with E-state index in [1.807, 2.05) is 4.90 Å². The van der Waals surface area contributed by atoms with Gasteiger partial charge < -0.3 is 20.0 Å². The van der Waals surface area contributed by atoms with Gasteiger partial charge in [0.25, 0.3) is 5.91 Å². The Hall–Kier alpha value is -2.31. The molecule has 7 heteroatoms. The van der Waals surface area contributed by atoms with Crippen molar-refractivity contribution in [3.05, 3.63) is 24.2 Å². The maximum absolute atomic E-state index is 12.6. The highest BCUT2D eigenvalue weighted by Gasteiger charge is 2.30. The van der Waals surface area contributed by atoms with E-state index in [1.165, 1.54) is 18.9 Å². The third-order valence-corrected chi connectivity index (χ3v) is 5.63. The Morgan fingerprint density at radius 3 is 2.44 bits per heavy atom. The van der Waals surface area contributed by atoms with E-state index in [2.05, 4.69) is 10.6 Å². The highest BCUT2D eigenvalue weighted by Crippen LogP contribution is 2.26. The molecule has 27 heavy (non-hydrogen) atoms. The molecule has 1 aromatic heterocycles. The van der Waals surface area contributed by atoms with Crippen molar-refractivity contribution in [1.82, 2.24) is 15.5 Å². The van der Waals surface area contributed by atoms with Gasteiger partial charge in [-0.2, -0.15) is 0 Å². The number of rotatable bonds is 5. The van der Waals surface area contributed by atoms with Crippen LogP contribution in [0, 0.1) is 5.92 Å². The van der Waals surface area contributed by atoms with E-state index in [0.29, 0.717) is 24.6 Å². The first-order valence-electron chi connectivity index (χ1n) is 9.97. The molecule has 0 spiro atoms. The van der Waals surface area contributed by atoms with Gasteiger partial charge in [0.15, 0.2) is 0 Å². The predicted octanol–water partition coefficient (Wildman–Crippen LogP) is 2.09. The average Bonchev–Trinajstić information content (AvgIpc) is 3.23. The minimum absolute atomic E-state index is 0.0428. The Balaban J connectivity index is 1.41. The van der Waals surface area contributed by atoms with Crippen molar-refractivity contribution in [3.8, 4) is 0 Å². The first kappa shape index (κ1) is 19.5. The van der Waals surface area contributed by atoms with Crippen molar-refractivity contribution in [2.45, 2.75) is 64.0 Å². The summed E-state index contributed by atoms with van der Waals surface area (Å²) >= 11 is 0. The Labute approximate surface area is 159 Å². The van der Waals surface area contributed by atoms with Crippen LogP contribution in [0.3, 0.4) is 0 Å². The minimum Gasteiger partial charge on any atom is -0.472 e. The van der Waals surface area contributed by atoms with Gasteiger partial charge in [0.2, 0.25) is 11.8 Å². The van der Waals surface area contributed by atoms with Crippen LogP contribution >= 0.6 is 0 Å². The zero-order chi connectivity index (χ0) is 19.2. The minimum atomic E-state index is -0.630. The molecule has 3 amide bonds. The fourth-order valence-electron chi connectivity index (χ4n) is 3.92. The fourth-order valence-corrected chi connectivity index (χ4v) is 3.92. The lowest BCUT2D eigenvalue weighted by atomic mass is 9.87. The van der Waals surface area contributed by atoms with Gasteiger partial charge in [0.1, 0.15) is 12.3 Å². The smallest absolute Gasteiger partial charge is 0.255 e. The molecule has 148 valence electrons. The standard InChI is InChI=1S/C20H29N3O4/c1-14(21-19(25)16-9-12-27-13-16)18(24)22-17-7-10-23(11-8-17)20(26)15-5-3-2-4-6-15/h9,12-15,17H,2-8,10-11H2,1H3,(H,21,25)(H,22,24)/t14-/m1/s1. The van der Waals surface area contributed by atoms with Crippen LogP contribution in [0.4, 0.5) is 0 Å². The van der Waals surface area contributed by atoms with Crippen LogP contribution in [0.1, 0.15) is 62.2 Å². The number of furan rings is 1. The maximum atomic E-state index is 12.6. The maximum Gasteiger partial charge on any atom is 0.255 e. The highest BCUT2D eigenvalue weighted by molar-refractivity contribution is 5.97. The first-order valence-corrected chi connectivity index (χ1v) is 9.97. The highest BCUT2D eigenvalue weighted by atomic mass is 16.3. The zero-order valence-electron chi connectivity index (χ0n) is 15.9. The molecule has 0 unspecified atom stereocenters. The third-order valence-electron chi connectivity index (χ3n) is 5.63. The molecule has 7 nitrogen and oxygen atoms in total. The van der Waals surface area contributed by atoms with Gasteiger partial charge >= 0.3 is 0 Å². The van der Waals surface area contributed by atoms with Gasteiger partial charge in [-0.25, -0.2) is 0 Å². The number of amides is 3. The SMILES string of the molecule is C[C@@H](NC(=O)c1ccoc1)C(=O)NC1CCN(C(=O)C2CCCCC2)CC1. The molecule has 2 heterocycles. The molecule has 0 aromatic carbocycles. The van der Waals surface area contributed by atoms with Gasteiger partial charge in [-0.3, -0.25) is 14.4 Å². The first-order chi connectivity index (χ1) is 13.0. The second-order valence-electron chi connectivity index (χ2n) is 7.65. The largest absolute Gasteiger partial charge is 0.472 e. The molecule has 1 aromatic rings. The van der Waals surface area contributed by atoms with Gasteiger partial charge in [0, 0.05) is 25.0 Å². The van der Waals surface area contributed by atoms with Crippen molar-refractivity contribution in [3.63, 3.8) is 0 Å². The number of hydrogen-bond donors (Lipinski definition) is 2. The normalized spacial score (nSPS) is 20.1. The number of likely N-dealkylation sites (tertiary alicyclic amines) is 1. The summed E-state index contributed by atoms with van der Waals surface area (Å²) in [5, 5.41) is 5.66. The van der Waals surface area contributed by atoms with Gasteiger partial charge in [-0.1, -0.05) is 19.3 Å². The summed E-state index contributed by atoms with van der Waals surface area (Å²) < 4.78 is 4.88. The Bertz CT molecular complexity index is 644. The van der Waals surface area contributed by atoms with E-state index < -0.39 is 6.04 Å². The van der Waals surface area contributed by atoms with Gasteiger partial charge in [-0.15, -0.1) is 0 Å². The molecule has 1 saturated carbocycles. The summed E-state index contributed by atoms with van der Waals surface area (Å²) in [5.41, 5.74) is 0.393. The summed E-state index contributed by atoms with van der Waals surface area (Å²) in [6.07, 6.45) is 9.87. The van der Waals surface area contributed by atoms with Crippen LogP contribution in [0.2, 0.25) is 0 Å². The number of hydrogen-bond acceptors (Lipinski definition) is 4. The molecule has 1 saturated heterocycles. The molecular formula is C20H29N3O4. The molecule has 3 rings (SSSR count). The van der Waals surface area contributed by atoms with E-state index in [9.17, 15) is 14.4 Å². The second kappa shape index (κ2) is 9.06. The summed E-state index contributed by atoms with van der Waals surface area (Å²) in [6, 6.07) is 0.967. The molecule has 2 fully saturated rings. The van der Waals surface area contributed by atoms with Crippen LogP contribution < -0.4 is 10.6 Å². The van der Waals surface area contributed by atoms with Crippen molar-refractivity contribution in [2.24, 2.45) is 5.92 Å². The Morgan fingerprint density at radius 2 is 1.81 bits per heavy atom. The lowest BCUT2D eigenvalue weighted by Crippen LogP contribution is -2.52. The number of nitrogens with zero attached hydrogens (tertiary/aromatic N) is 1. The van der Waals surface area contributed by atoms with Gasteiger partial charge in [0.05, 0.1) is 11.8 Å². The van der Waals surface area contributed by atoms with E-state index in [-0.39, 0.29) is 23.8 Å². The van der Waals surface area contributed by atoms with E-state index in [0.717, 1.165) is 38.5 Å². The lowest BCUT2D eigenvalue weighted by Gasteiger charge is -2.35. The molecule has 0 radical (unpaired) electrons. The molecular weight excluding hydrogens is 346 g/mol. The van der Waals surface area contributed by atoms with Crippen LogP contribution in [0.25, 0.3) is 0 Å². The zero-order valence-corrected chi connectivity index (χ0v) is 15.9. The summed E-state index contributed by atoms with van der Waals surface area (Å²) in [7, 11) is 0. The van der Waals surface area contributed by atoms with Gasteiger partial charge in [-0.05, 0) is 38.7 Å². The second-order valence-corrected chi connectivity index (χ2v) is 7.65. The van der Waals surface area contributed by atoms with Crippen LogP contribution in [0.15, 0.2) is 23.0 Å².